The minimum Gasteiger partial charge on any atom is -0.494 e. The number of methoxy groups -OCH3 is 1. The van der Waals surface area contributed by atoms with Crippen LogP contribution >= 0.6 is 11.6 Å². The lowest BCUT2D eigenvalue weighted by atomic mass is 9.72. The zero-order chi connectivity index (χ0) is 23.5. The van der Waals surface area contributed by atoms with Gasteiger partial charge in [-0.05, 0) is 61.1 Å². The summed E-state index contributed by atoms with van der Waals surface area (Å²) < 4.78 is 10.8. The molecule has 0 aromatic heterocycles. The molecule has 0 amide bonds. The number of carbonyl (C=O) groups is 2. The van der Waals surface area contributed by atoms with Gasteiger partial charge in [-0.2, -0.15) is 0 Å². The molecule has 2 atom stereocenters. The topological polar surface area (TPSA) is 64.6 Å². The number of benzene rings is 2. The Bertz CT molecular complexity index is 1120. The first-order valence-corrected chi connectivity index (χ1v) is 11.6. The maximum atomic E-state index is 13.5. The van der Waals surface area contributed by atoms with Crippen LogP contribution in [0.25, 0.3) is 0 Å². The molecule has 2 aromatic rings. The van der Waals surface area contributed by atoms with Crippen molar-refractivity contribution in [3.63, 3.8) is 0 Å². The Labute approximate surface area is 199 Å². The van der Waals surface area contributed by atoms with Crippen molar-refractivity contribution in [1.82, 2.24) is 5.32 Å². The van der Waals surface area contributed by atoms with Gasteiger partial charge in [0, 0.05) is 34.3 Å². The molecule has 1 N–H and O–H groups in total. The molecule has 2 aromatic carbocycles. The Morgan fingerprint density at radius 1 is 1.06 bits per heavy atom. The van der Waals surface area contributed by atoms with E-state index in [9.17, 15) is 9.59 Å². The summed E-state index contributed by atoms with van der Waals surface area (Å²) in [7, 11) is 1.37. The van der Waals surface area contributed by atoms with E-state index in [1.54, 1.807) is 0 Å². The number of carbonyl (C=O) groups excluding carboxylic acids is 2. The highest BCUT2D eigenvalue weighted by Crippen LogP contribution is 2.46. The molecule has 172 valence electrons. The third kappa shape index (κ3) is 4.69. The van der Waals surface area contributed by atoms with Crippen LogP contribution in [-0.2, 0) is 14.3 Å². The van der Waals surface area contributed by atoms with Crippen LogP contribution < -0.4 is 10.1 Å². The molecule has 0 fully saturated rings. The van der Waals surface area contributed by atoms with Crippen molar-refractivity contribution >= 4 is 23.4 Å². The number of ether oxygens (including phenoxy) is 2. The number of halogens is 1. The van der Waals surface area contributed by atoms with Crippen LogP contribution in [0.1, 0.15) is 56.1 Å². The van der Waals surface area contributed by atoms with Crippen LogP contribution in [0.3, 0.4) is 0 Å². The first kappa shape index (κ1) is 23.1. The first-order chi connectivity index (χ1) is 15.9. The van der Waals surface area contributed by atoms with Crippen molar-refractivity contribution < 1.29 is 19.1 Å². The summed E-state index contributed by atoms with van der Waals surface area (Å²) in [5, 5.41) is 4.02. The molecule has 0 saturated heterocycles. The average Bonchev–Trinajstić information content (AvgIpc) is 2.82. The molecule has 1 aliphatic carbocycles. The van der Waals surface area contributed by atoms with E-state index >= 15 is 0 Å². The minimum absolute atomic E-state index is 0.0360. The maximum Gasteiger partial charge on any atom is 0.336 e. The summed E-state index contributed by atoms with van der Waals surface area (Å²) in [6.07, 6.45) is 1.98. The predicted molar refractivity (Wildman–Crippen MR) is 128 cm³/mol. The fourth-order valence-electron chi connectivity index (χ4n) is 4.70. The molecule has 0 unspecified atom stereocenters. The number of Topliss-reactive ketones (excluding diaryl/α,β-unsaturated/α-hetero) is 1. The van der Waals surface area contributed by atoms with E-state index in [-0.39, 0.29) is 11.7 Å². The van der Waals surface area contributed by atoms with Crippen molar-refractivity contribution in [3.05, 3.63) is 87.2 Å². The van der Waals surface area contributed by atoms with Crippen molar-refractivity contribution in [2.45, 2.75) is 44.9 Å². The molecule has 0 bridgehead atoms. The lowest BCUT2D eigenvalue weighted by Gasteiger charge is -2.36. The second-order valence-electron chi connectivity index (χ2n) is 8.48. The number of esters is 1. The molecule has 4 rings (SSSR count). The highest BCUT2D eigenvalue weighted by Gasteiger charge is 2.41. The molecule has 0 saturated carbocycles. The third-order valence-corrected chi connectivity index (χ3v) is 6.51. The number of hydrogen-bond donors (Lipinski definition) is 1. The van der Waals surface area contributed by atoms with Crippen LogP contribution in [0, 0.1) is 0 Å². The van der Waals surface area contributed by atoms with Gasteiger partial charge in [0.05, 0.1) is 19.3 Å². The number of hydrogen-bond acceptors (Lipinski definition) is 5. The van der Waals surface area contributed by atoms with Gasteiger partial charge in [0.1, 0.15) is 5.75 Å². The maximum absolute atomic E-state index is 13.5. The molecular weight excluding hydrogens is 438 g/mol. The fourth-order valence-corrected chi connectivity index (χ4v) is 4.83. The quantitative estimate of drug-likeness (QED) is 0.557. The smallest absolute Gasteiger partial charge is 0.336 e. The highest BCUT2D eigenvalue weighted by atomic mass is 35.5. The molecule has 33 heavy (non-hydrogen) atoms. The van der Waals surface area contributed by atoms with Crippen molar-refractivity contribution in [2.75, 3.05) is 13.7 Å². The second kappa shape index (κ2) is 9.84. The zero-order valence-corrected chi connectivity index (χ0v) is 19.9. The largest absolute Gasteiger partial charge is 0.494 e. The molecule has 6 heteroatoms. The first-order valence-electron chi connectivity index (χ1n) is 11.2. The Balaban J connectivity index is 1.74. The SMILES string of the molecule is CCCOc1ccc([C@H]2C(C(=O)OC)=C(C)NC3=C2C(=O)C[C@H](c2ccc(Cl)cc2)C3)cc1. The molecule has 1 heterocycles. The Kier molecular flexibility index (Phi) is 6.89. The number of nitrogens with one attached hydrogen (secondary N) is 1. The van der Waals surface area contributed by atoms with Gasteiger partial charge in [-0.15, -0.1) is 0 Å². The van der Waals surface area contributed by atoms with Gasteiger partial charge in [-0.25, -0.2) is 4.79 Å². The minimum atomic E-state index is -0.479. The highest BCUT2D eigenvalue weighted by molar-refractivity contribution is 6.30. The Morgan fingerprint density at radius 2 is 1.73 bits per heavy atom. The van der Waals surface area contributed by atoms with Gasteiger partial charge >= 0.3 is 5.97 Å². The van der Waals surface area contributed by atoms with Crippen molar-refractivity contribution in [2.24, 2.45) is 0 Å². The number of dihydropyridines is 1. The van der Waals surface area contributed by atoms with Crippen LogP contribution in [0.4, 0.5) is 0 Å². The van der Waals surface area contributed by atoms with Crippen molar-refractivity contribution in [1.29, 1.82) is 0 Å². The summed E-state index contributed by atoms with van der Waals surface area (Å²) in [6, 6.07) is 15.3. The molecule has 5 nitrogen and oxygen atoms in total. The summed E-state index contributed by atoms with van der Waals surface area (Å²) in [5.74, 6) is -0.0576. The monoisotopic (exact) mass is 465 g/mol. The number of ketones is 1. The van der Waals surface area contributed by atoms with Gasteiger partial charge < -0.3 is 14.8 Å². The molecule has 1 aliphatic heterocycles. The summed E-state index contributed by atoms with van der Waals surface area (Å²) in [4.78, 5) is 26.3. The molecule has 0 spiro atoms. The van der Waals surface area contributed by atoms with Crippen LogP contribution in [0.2, 0.25) is 5.02 Å². The van der Waals surface area contributed by atoms with E-state index in [2.05, 4.69) is 12.2 Å². The van der Waals surface area contributed by atoms with E-state index in [0.29, 0.717) is 41.3 Å². The summed E-state index contributed by atoms with van der Waals surface area (Å²) in [5.41, 5.74) is 4.64. The van der Waals surface area contributed by atoms with E-state index < -0.39 is 11.9 Å². The summed E-state index contributed by atoms with van der Waals surface area (Å²) in [6.45, 7) is 4.55. The Morgan fingerprint density at radius 3 is 2.36 bits per heavy atom. The molecule has 0 radical (unpaired) electrons. The lowest BCUT2D eigenvalue weighted by Crippen LogP contribution is -2.36. The lowest BCUT2D eigenvalue weighted by molar-refractivity contribution is -0.136. The zero-order valence-electron chi connectivity index (χ0n) is 19.1. The van der Waals surface area contributed by atoms with Gasteiger partial charge in [-0.3, -0.25) is 4.79 Å². The normalized spacial score (nSPS) is 20.3. The van der Waals surface area contributed by atoms with Crippen LogP contribution in [-0.4, -0.2) is 25.5 Å². The Hall–Kier alpha value is -3.05. The van der Waals surface area contributed by atoms with Crippen LogP contribution in [0.5, 0.6) is 5.75 Å². The van der Waals surface area contributed by atoms with Crippen LogP contribution in [0.15, 0.2) is 71.1 Å². The average molecular weight is 466 g/mol. The van der Waals surface area contributed by atoms with E-state index in [1.807, 2.05) is 55.5 Å². The van der Waals surface area contributed by atoms with E-state index in [1.165, 1.54) is 7.11 Å². The van der Waals surface area contributed by atoms with Gasteiger partial charge in [0.15, 0.2) is 5.78 Å². The summed E-state index contributed by atoms with van der Waals surface area (Å²) >= 11 is 6.05. The predicted octanol–water partition coefficient (Wildman–Crippen LogP) is 5.66. The molecule has 2 aliphatic rings. The van der Waals surface area contributed by atoms with Gasteiger partial charge in [-0.1, -0.05) is 42.8 Å². The van der Waals surface area contributed by atoms with Gasteiger partial charge in [0.25, 0.3) is 0 Å². The molecular formula is C27H28ClNO4. The standard InChI is InChI=1S/C27H28ClNO4/c1-4-13-33-21-11-7-18(8-12-21)25-24(27(31)32-3)16(2)29-22-14-19(15-23(30)26(22)25)17-5-9-20(28)10-6-17/h5-12,19,25,29H,4,13-15H2,1-3H3/t19-,25+/m1/s1. The third-order valence-electron chi connectivity index (χ3n) is 6.26. The van der Waals surface area contributed by atoms with Gasteiger partial charge in [0.2, 0.25) is 0 Å². The second-order valence-corrected chi connectivity index (χ2v) is 8.91. The van der Waals surface area contributed by atoms with Crippen molar-refractivity contribution in [3.8, 4) is 5.75 Å². The van der Waals surface area contributed by atoms with E-state index in [4.69, 9.17) is 21.1 Å². The number of allylic oxidation sites excluding steroid dienone is 3. The van der Waals surface area contributed by atoms with E-state index in [0.717, 1.165) is 29.0 Å². The fraction of sp³-hybridized carbons (Fsp3) is 0.333. The number of rotatable bonds is 6.